The van der Waals surface area contributed by atoms with Crippen LogP contribution >= 0.6 is 0 Å². The van der Waals surface area contributed by atoms with E-state index in [4.69, 9.17) is 4.74 Å². The predicted molar refractivity (Wildman–Crippen MR) is 97.0 cm³/mol. The van der Waals surface area contributed by atoms with Crippen molar-refractivity contribution in [2.24, 2.45) is 0 Å². The van der Waals surface area contributed by atoms with Gasteiger partial charge >= 0.3 is 0 Å². The van der Waals surface area contributed by atoms with Gasteiger partial charge in [-0.3, -0.25) is 9.59 Å². The second-order valence-corrected chi connectivity index (χ2v) is 6.25. The molecule has 3 rings (SSSR count). The Morgan fingerprint density at radius 2 is 1.93 bits per heavy atom. The molecule has 0 aliphatic carbocycles. The van der Waals surface area contributed by atoms with E-state index in [9.17, 15) is 18.4 Å². The summed E-state index contributed by atoms with van der Waals surface area (Å²) in [6.45, 7) is 0.572. The number of carbonyl (C=O) groups is 2. The molecule has 2 amide bonds. The number of methoxy groups -OCH3 is 1. The average molecular weight is 374 g/mol. The normalized spacial score (nSPS) is 13.1. The van der Waals surface area contributed by atoms with Crippen molar-refractivity contribution >= 4 is 17.5 Å². The van der Waals surface area contributed by atoms with Gasteiger partial charge in [-0.2, -0.15) is 0 Å². The van der Waals surface area contributed by atoms with Crippen LogP contribution in [0, 0.1) is 11.6 Å². The lowest BCUT2D eigenvalue weighted by Crippen LogP contribution is -2.38. The lowest BCUT2D eigenvalue weighted by molar-refractivity contribution is -0.118. The molecule has 0 unspecified atom stereocenters. The second-order valence-electron chi connectivity index (χ2n) is 6.25. The summed E-state index contributed by atoms with van der Waals surface area (Å²) in [4.78, 5) is 26.2. The molecule has 0 saturated heterocycles. The third-order valence-corrected chi connectivity index (χ3v) is 4.52. The van der Waals surface area contributed by atoms with Gasteiger partial charge in [-0.15, -0.1) is 0 Å². The van der Waals surface area contributed by atoms with Crippen molar-refractivity contribution in [2.45, 2.75) is 19.3 Å². The molecule has 2 aromatic carbocycles. The summed E-state index contributed by atoms with van der Waals surface area (Å²) in [6, 6.07) is 9.01. The van der Waals surface area contributed by atoms with E-state index in [0.717, 1.165) is 12.1 Å². The molecule has 0 spiro atoms. The molecule has 5 nitrogen and oxygen atoms in total. The van der Waals surface area contributed by atoms with Crippen molar-refractivity contribution in [3.8, 4) is 5.75 Å². The highest BCUT2D eigenvalue weighted by Crippen LogP contribution is 2.29. The van der Waals surface area contributed by atoms with Crippen molar-refractivity contribution in [3.63, 3.8) is 0 Å². The zero-order valence-electron chi connectivity index (χ0n) is 14.9. The van der Waals surface area contributed by atoms with Crippen molar-refractivity contribution < 1.29 is 23.1 Å². The summed E-state index contributed by atoms with van der Waals surface area (Å²) in [5, 5.41) is 2.69. The maximum absolute atomic E-state index is 13.6. The molecule has 1 heterocycles. The van der Waals surface area contributed by atoms with Crippen LogP contribution in [-0.4, -0.2) is 32.0 Å². The van der Waals surface area contributed by atoms with Gasteiger partial charge in [0.15, 0.2) is 11.6 Å². The Kier molecular flexibility index (Phi) is 5.69. The minimum atomic E-state index is -0.974. The fourth-order valence-corrected chi connectivity index (χ4v) is 3.18. The number of hydrogen-bond donors (Lipinski definition) is 1. The van der Waals surface area contributed by atoms with E-state index < -0.39 is 11.6 Å². The number of anilines is 1. The molecule has 1 aliphatic heterocycles. The summed E-state index contributed by atoms with van der Waals surface area (Å²) < 4.78 is 32.1. The first-order chi connectivity index (χ1) is 13.0. The van der Waals surface area contributed by atoms with Crippen LogP contribution < -0.4 is 15.0 Å². The van der Waals surface area contributed by atoms with Crippen LogP contribution in [-0.2, 0) is 11.2 Å². The van der Waals surface area contributed by atoms with Gasteiger partial charge in [0, 0.05) is 31.3 Å². The number of nitrogens with one attached hydrogen (secondary N) is 1. The molecule has 0 radical (unpaired) electrons. The van der Waals surface area contributed by atoms with Crippen LogP contribution in [0.1, 0.15) is 28.8 Å². The molecule has 0 aromatic heterocycles. The SMILES string of the molecule is COc1ccccc1C(=O)NCCC(=O)N1CCCc2cc(F)c(F)cc21. The summed E-state index contributed by atoms with van der Waals surface area (Å²) >= 11 is 0. The highest BCUT2D eigenvalue weighted by Gasteiger charge is 2.24. The molecule has 0 atom stereocenters. The van der Waals surface area contributed by atoms with E-state index in [1.165, 1.54) is 12.0 Å². The largest absolute Gasteiger partial charge is 0.496 e. The Balaban J connectivity index is 1.62. The van der Waals surface area contributed by atoms with Gasteiger partial charge in [0.25, 0.3) is 5.91 Å². The molecule has 0 bridgehead atoms. The van der Waals surface area contributed by atoms with Crippen molar-refractivity contribution in [3.05, 3.63) is 59.2 Å². The van der Waals surface area contributed by atoms with Crippen LogP contribution in [0.5, 0.6) is 5.75 Å². The predicted octanol–water partition coefficient (Wildman–Crippen LogP) is 3.07. The highest BCUT2D eigenvalue weighted by molar-refractivity contribution is 5.98. The van der Waals surface area contributed by atoms with E-state index in [-0.39, 0.29) is 24.8 Å². The maximum Gasteiger partial charge on any atom is 0.255 e. The van der Waals surface area contributed by atoms with Crippen LogP contribution in [0.4, 0.5) is 14.5 Å². The summed E-state index contributed by atoms with van der Waals surface area (Å²) in [5.41, 5.74) is 1.40. The molecular weight excluding hydrogens is 354 g/mol. The van der Waals surface area contributed by atoms with Crippen molar-refractivity contribution in [1.82, 2.24) is 5.32 Å². The van der Waals surface area contributed by atoms with Gasteiger partial charge < -0.3 is 15.0 Å². The fourth-order valence-electron chi connectivity index (χ4n) is 3.18. The van der Waals surface area contributed by atoms with Gasteiger partial charge in [-0.25, -0.2) is 8.78 Å². The Bertz CT molecular complexity index is 870. The van der Waals surface area contributed by atoms with E-state index >= 15 is 0 Å². The monoisotopic (exact) mass is 374 g/mol. The second kappa shape index (κ2) is 8.16. The molecule has 2 aromatic rings. The number of rotatable bonds is 5. The minimum Gasteiger partial charge on any atom is -0.496 e. The van der Waals surface area contributed by atoms with Crippen LogP contribution in [0.3, 0.4) is 0 Å². The maximum atomic E-state index is 13.6. The number of amides is 2. The fraction of sp³-hybridized carbons (Fsp3) is 0.300. The number of nitrogens with zero attached hydrogens (tertiary/aromatic N) is 1. The van der Waals surface area contributed by atoms with Crippen LogP contribution in [0.15, 0.2) is 36.4 Å². The van der Waals surface area contributed by atoms with E-state index in [1.807, 2.05) is 0 Å². The highest BCUT2D eigenvalue weighted by atomic mass is 19.2. The minimum absolute atomic E-state index is 0.0549. The van der Waals surface area contributed by atoms with Gasteiger partial charge in [-0.05, 0) is 36.6 Å². The molecule has 0 saturated carbocycles. The first kappa shape index (κ1) is 18.8. The molecule has 0 fully saturated rings. The van der Waals surface area contributed by atoms with Gasteiger partial charge in [-0.1, -0.05) is 12.1 Å². The number of para-hydroxylation sites is 1. The Morgan fingerprint density at radius 1 is 1.19 bits per heavy atom. The van der Waals surface area contributed by atoms with E-state index in [2.05, 4.69) is 5.32 Å². The lowest BCUT2D eigenvalue weighted by Gasteiger charge is -2.29. The first-order valence-corrected chi connectivity index (χ1v) is 8.70. The Labute approximate surface area is 155 Å². The van der Waals surface area contributed by atoms with Crippen molar-refractivity contribution in [2.75, 3.05) is 25.1 Å². The number of carbonyl (C=O) groups excluding carboxylic acids is 2. The lowest BCUT2D eigenvalue weighted by atomic mass is 10.0. The van der Waals surface area contributed by atoms with Crippen LogP contribution in [0.2, 0.25) is 0 Å². The number of fused-ring (bicyclic) bond motifs is 1. The smallest absolute Gasteiger partial charge is 0.255 e. The molecule has 1 aliphatic rings. The van der Waals surface area contributed by atoms with E-state index in [0.29, 0.717) is 42.0 Å². The topological polar surface area (TPSA) is 58.6 Å². The molecule has 142 valence electrons. The molecular formula is C20H20F2N2O3. The first-order valence-electron chi connectivity index (χ1n) is 8.70. The van der Waals surface area contributed by atoms with Gasteiger partial charge in [0.1, 0.15) is 5.75 Å². The number of benzene rings is 2. The van der Waals surface area contributed by atoms with Gasteiger partial charge in [0.05, 0.1) is 12.7 Å². The van der Waals surface area contributed by atoms with E-state index in [1.54, 1.807) is 24.3 Å². The molecule has 1 N–H and O–H groups in total. The van der Waals surface area contributed by atoms with Crippen LogP contribution in [0.25, 0.3) is 0 Å². The Hall–Kier alpha value is -2.96. The summed E-state index contributed by atoms with van der Waals surface area (Å²) in [6.07, 6.45) is 1.33. The van der Waals surface area contributed by atoms with Gasteiger partial charge in [0.2, 0.25) is 5.91 Å². The number of aryl methyl sites for hydroxylation is 1. The quantitative estimate of drug-likeness (QED) is 0.875. The zero-order valence-corrected chi connectivity index (χ0v) is 14.9. The van der Waals surface area contributed by atoms with Crippen molar-refractivity contribution in [1.29, 1.82) is 0 Å². The summed E-state index contributed by atoms with van der Waals surface area (Å²) in [7, 11) is 1.48. The third kappa shape index (κ3) is 4.07. The Morgan fingerprint density at radius 3 is 2.70 bits per heavy atom. The third-order valence-electron chi connectivity index (χ3n) is 4.52. The molecule has 27 heavy (non-hydrogen) atoms. The molecule has 7 heteroatoms. The number of ether oxygens (including phenoxy) is 1. The number of halogens is 2. The zero-order chi connectivity index (χ0) is 19.4. The standard InChI is InChI=1S/C20H20F2N2O3/c1-27-18-7-3-2-6-14(18)20(26)23-9-8-19(25)24-10-4-5-13-11-15(21)16(22)12-17(13)24/h2-3,6-7,11-12H,4-5,8-10H2,1H3,(H,23,26). The average Bonchev–Trinajstić information content (AvgIpc) is 2.68. The summed E-state index contributed by atoms with van der Waals surface area (Å²) in [5.74, 6) is -2.02. The number of hydrogen-bond acceptors (Lipinski definition) is 3.